The van der Waals surface area contributed by atoms with E-state index < -0.39 is 0 Å². The van der Waals surface area contributed by atoms with Crippen LogP contribution in [0.3, 0.4) is 0 Å². The van der Waals surface area contributed by atoms with Crippen molar-refractivity contribution in [1.82, 2.24) is 0 Å². The summed E-state index contributed by atoms with van der Waals surface area (Å²) in [5.41, 5.74) is 3.55. The maximum Gasteiger partial charge on any atom is 0.161 e. The molecule has 0 spiro atoms. The SMILES string of the molecule is COc1ccc(CNc2ccc(C)cc2)cc1OCC(C)C. The summed E-state index contributed by atoms with van der Waals surface area (Å²) in [6, 6.07) is 14.5. The number of hydrogen-bond acceptors (Lipinski definition) is 3. The van der Waals surface area contributed by atoms with Gasteiger partial charge in [-0.25, -0.2) is 0 Å². The number of benzene rings is 2. The average molecular weight is 299 g/mol. The van der Waals surface area contributed by atoms with Gasteiger partial charge in [0.05, 0.1) is 13.7 Å². The molecule has 2 aromatic rings. The smallest absolute Gasteiger partial charge is 0.161 e. The highest BCUT2D eigenvalue weighted by atomic mass is 16.5. The van der Waals surface area contributed by atoms with Gasteiger partial charge in [0.15, 0.2) is 11.5 Å². The number of nitrogens with one attached hydrogen (secondary N) is 1. The lowest BCUT2D eigenvalue weighted by Crippen LogP contribution is -2.06. The summed E-state index contributed by atoms with van der Waals surface area (Å²) in [7, 11) is 1.67. The molecule has 0 aliphatic carbocycles. The van der Waals surface area contributed by atoms with Gasteiger partial charge in [0, 0.05) is 12.2 Å². The van der Waals surface area contributed by atoms with E-state index in [1.54, 1.807) is 7.11 Å². The van der Waals surface area contributed by atoms with Crippen LogP contribution >= 0.6 is 0 Å². The monoisotopic (exact) mass is 299 g/mol. The topological polar surface area (TPSA) is 30.5 Å². The standard InChI is InChI=1S/C19H25NO2/c1-14(2)13-22-19-11-16(7-10-18(19)21-4)12-20-17-8-5-15(3)6-9-17/h5-11,14,20H,12-13H2,1-4H3. The first-order valence-corrected chi connectivity index (χ1v) is 7.68. The van der Waals surface area contributed by atoms with Crippen LogP contribution in [-0.4, -0.2) is 13.7 Å². The van der Waals surface area contributed by atoms with E-state index in [0.717, 1.165) is 23.7 Å². The van der Waals surface area contributed by atoms with Gasteiger partial charge >= 0.3 is 0 Å². The van der Waals surface area contributed by atoms with Crippen molar-refractivity contribution in [2.75, 3.05) is 19.0 Å². The Labute approximate surface area is 133 Å². The number of anilines is 1. The van der Waals surface area contributed by atoms with Crippen molar-refractivity contribution in [1.29, 1.82) is 0 Å². The summed E-state index contributed by atoms with van der Waals surface area (Å²) >= 11 is 0. The highest BCUT2D eigenvalue weighted by Gasteiger charge is 2.07. The number of rotatable bonds is 7. The van der Waals surface area contributed by atoms with Crippen LogP contribution in [0.15, 0.2) is 42.5 Å². The third kappa shape index (κ3) is 4.69. The molecule has 0 aliphatic rings. The Kier molecular flexibility index (Phi) is 5.70. The van der Waals surface area contributed by atoms with Gasteiger partial charge in [-0.2, -0.15) is 0 Å². The molecule has 118 valence electrons. The first kappa shape index (κ1) is 16.2. The third-order valence-corrected chi connectivity index (χ3v) is 3.35. The van der Waals surface area contributed by atoms with E-state index in [-0.39, 0.29) is 0 Å². The van der Waals surface area contributed by atoms with Gasteiger partial charge in [-0.3, -0.25) is 0 Å². The summed E-state index contributed by atoms with van der Waals surface area (Å²) in [6.45, 7) is 7.80. The molecule has 3 nitrogen and oxygen atoms in total. The van der Waals surface area contributed by atoms with E-state index in [0.29, 0.717) is 12.5 Å². The minimum Gasteiger partial charge on any atom is -0.493 e. The number of ether oxygens (including phenoxy) is 2. The van der Waals surface area contributed by atoms with Gasteiger partial charge < -0.3 is 14.8 Å². The predicted octanol–water partition coefficient (Wildman–Crippen LogP) is 4.65. The lowest BCUT2D eigenvalue weighted by molar-refractivity contribution is 0.256. The van der Waals surface area contributed by atoms with Gasteiger partial charge in [-0.15, -0.1) is 0 Å². The van der Waals surface area contributed by atoms with Crippen LogP contribution in [0.25, 0.3) is 0 Å². The van der Waals surface area contributed by atoms with Crippen molar-refractivity contribution in [2.24, 2.45) is 5.92 Å². The van der Waals surface area contributed by atoms with Crippen molar-refractivity contribution in [3.63, 3.8) is 0 Å². The molecule has 1 N–H and O–H groups in total. The van der Waals surface area contributed by atoms with Crippen molar-refractivity contribution < 1.29 is 9.47 Å². The van der Waals surface area contributed by atoms with Crippen LogP contribution < -0.4 is 14.8 Å². The van der Waals surface area contributed by atoms with Crippen LogP contribution in [0.2, 0.25) is 0 Å². The summed E-state index contributed by atoms with van der Waals surface area (Å²) in [4.78, 5) is 0. The second kappa shape index (κ2) is 7.74. The zero-order chi connectivity index (χ0) is 15.9. The number of aryl methyl sites for hydroxylation is 1. The van der Waals surface area contributed by atoms with E-state index in [1.807, 2.05) is 12.1 Å². The molecule has 0 heterocycles. The van der Waals surface area contributed by atoms with Crippen LogP contribution in [0, 0.1) is 12.8 Å². The van der Waals surface area contributed by atoms with E-state index in [1.165, 1.54) is 11.1 Å². The van der Waals surface area contributed by atoms with E-state index >= 15 is 0 Å². The fraction of sp³-hybridized carbons (Fsp3) is 0.368. The number of hydrogen-bond donors (Lipinski definition) is 1. The summed E-state index contributed by atoms with van der Waals surface area (Å²) in [5, 5.41) is 3.42. The molecule has 0 saturated heterocycles. The van der Waals surface area contributed by atoms with Crippen molar-refractivity contribution in [3.8, 4) is 11.5 Å². The molecule has 0 saturated carbocycles. The second-order valence-electron chi connectivity index (χ2n) is 5.91. The Hall–Kier alpha value is -2.16. The first-order valence-electron chi connectivity index (χ1n) is 7.68. The summed E-state index contributed by atoms with van der Waals surface area (Å²) in [5.74, 6) is 2.07. The molecule has 0 radical (unpaired) electrons. The zero-order valence-corrected chi connectivity index (χ0v) is 13.8. The van der Waals surface area contributed by atoms with Crippen LogP contribution in [0.5, 0.6) is 11.5 Å². The largest absolute Gasteiger partial charge is 0.493 e. The Morgan fingerprint density at radius 1 is 1.00 bits per heavy atom. The van der Waals surface area contributed by atoms with Gasteiger partial charge in [0.2, 0.25) is 0 Å². The van der Waals surface area contributed by atoms with Gasteiger partial charge in [0.1, 0.15) is 0 Å². The van der Waals surface area contributed by atoms with E-state index in [9.17, 15) is 0 Å². The fourth-order valence-corrected chi connectivity index (χ4v) is 2.08. The molecule has 0 unspecified atom stereocenters. The Morgan fingerprint density at radius 3 is 2.36 bits per heavy atom. The maximum absolute atomic E-state index is 5.85. The van der Waals surface area contributed by atoms with Crippen molar-refractivity contribution in [3.05, 3.63) is 53.6 Å². The van der Waals surface area contributed by atoms with Crippen LogP contribution in [-0.2, 0) is 6.54 Å². The molecule has 0 amide bonds. The minimum atomic E-state index is 0.485. The highest BCUT2D eigenvalue weighted by Crippen LogP contribution is 2.28. The fourth-order valence-electron chi connectivity index (χ4n) is 2.08. The van der Waals surface area contributed by atoms with E-state index in [4.69, 9.17) is 9.47 Å². The van der Waals surface area contributed by atoms with E-state index in [2.05, 4.69) is 56.4 Å². The van der Waals surface area contributed by atoms with Gasteiger partial charge in [-0.1, -0.05) is 37.6 Å². The first-order chi connectivity index (χ1) is 10.6. The van der Waals surface area contributed by atoms with Gasteiger partial charge in [-0.05, 0) is 42.7 Å². The molecule has 0 bridgehead atoms. The molecule has 2 rings (SSSR count). The van der Waals surface area contributed by atoms with Crippen LogP contribution in [0.1, 0.15) is 25.0 Å². The zero-order valence-electron chi connectivity index (χ0n) is 13.8. The van der Waals surface area contributed by atoms with Crippen LogP contribution in [0.4, 0.5) is 5.69 Å². The molecule has 0 atom stereocenters. The average Bonchev–Trinajstić information content (AvgIpc) is 2.52. The molecule has 3 heteroatoms. The lowest BCUT2D eigenvalue weighted by Gasteiger charge is -2.14. The molecular formula is C19H25NO2. The maximum atomic E-state index is 5.85. The molecule has 0 aromatic heterocycles. The Balaban J connectivity index is 2.04. The third-order valence-electron chi connectivity index (χ3n) is 3.35. The second-order valence-corrected chi connectivity index (χ2v) is 5.91. The molecular weight excluding hydrogens is 274 g/mol. The Bertz CT molecular complexity index is 591. The predicted molar refractivity (Wildman–Crippen MR) is 91.8 cm³/mol. The normalized spacial score (nSPS) is 10.6. The molecule has 0 fully saturated rings. The number of methoxy groups -OCH3 is 1. The lowest BCUT2D eigenvalue weighted by atomic mass is 10.1. The summed E-state index contributed by atoms with van der Waals surface area (Å²) in [6.07, 6.45) is 0. The van der Waals surface area contributed by atoms with Crippen molar-refractivity contribution in [2.45, 2.75) is 27.3 Å². The Morgan fingerprint density at radius 2 is 1.73 bits per heavy atom. The quantitative estimate of drug-likeness (QED) is 0.807. The molecule has 22 heavy (non-hydrogen) atoms. The highest BCUT2D eigenvalue weighted by molar-refractivity contribution is 5.47. The summed E-state index contributed by atoms with van der Waals surface area (Å²) < 4.78 is 11.2. The van der Waals surface area contributed by atoms with Gasteiger partial charge in [0.25, 0.3) is 0 Å². The minimum absolute atomic E-state index is 0.485. The molecule has 0 aliphatic heterocycles. The van der Waals surface area contributed by atoms with Crippen molar-refractivity contribution >= 4 is 5.69 Å². The molecule has 2 aromatic carbocycles.